The van der Waals surface area contributed by atoms with Crippen LogP contribution in [-0.4, -0.2) is 24.8 Å². The summed E-state index contributed by atoms with van der Waals surface area (Å²) in [6.45, 7) is 1.99. The minimum absolute atomic E-state index is 0.514. The molecule has 21 heavy (non-hydrogen) atoms. The molecule has 3 heterocycles. The average Bonchev–Trinajstić information content (AvgIpc) is 3.09. The fourth-order valence-electron chi connectivity index (χ4n) is 2.96. The molecule has 1 fully saturated rings. The van der Waals surface area contributed by atoms with Crippen molar-refractivity contribution in [2.45, 2.75) is 44.9 Å². The highest BCUT2D eigenvalue weighted by Gasteiger charge is 2.23. The number of aryl methyl sites for hydroxylation is 1. The number of pyridine rings is 1. The Bertz CT molecular complexity index is 752. The van der Waals surface area contributed by atoms with Crippen LogP contribution in [0.1, 0.15) is 49.5 Å². The highest BCUT2D eigenvalue weighted by Crippen LogP contribution is 2.33. The van der Waals surface area contributed by atoms with Crippen LogP contribution in [0.25, 0.3) is 15.5 Å². The molecule has 108 valence electrons. The van der Waals surface area contributed by atoms with E-state index in [0.717, 1.165) is 27.1 Å². The molecule has 0 N–H and O–H groups in total. The average molecular weight is 299 g/mol. The number of rotatable bonds is 2. The summed E-state index contributed by atoms with van der Waals surface area (Å²) in [7, 11) is 0. The molecule has 0 saturated heterocycles. The van der Waals surface area contributed by atoms with Crippen molar-refractivity contribution in [3.05, 3.63) is 29.8 Å². The van der Waals surface area contributed by atoms with E-state index in [9.17, 15) is 0 Å². The maximum absolute atomic E-state index is 4.72. The second-order valence-corrected chi connectivity index (χ2v) is 6.64. The minimum atomic E-state index is 0.514. The summed E-state index contributed by atoms with van der Waals surface area (Å²) in [6, 6.07) is 4.08. The Morgan fingerprint density at radius 1 is 1.14 bits per heavy atom. The van der Waals surface area contributed by atoms with Crippen molar-refractivity contribution < 1.29 is 0 Å². The third-order valence-corrected chi connectivity index (χ3v) is 5.09. The summed E-state index contributed by atoms with van der Waals surface area (Å²) in [6.07, 6.45) is 8.22. The molecule has 0 unspecified atom stereocenters. The normalized spacial score (nSPS) is 16.6. The van der Waals surface area contributed by atoms with E-state index in [4.69, 9.17) is 5.10 Å². The fourth-order valence-corrected chi connectivity index (χ4v) is 3.79. The van der Waals surface area contributed by atoms with Gasteiger partial charge < -0.3 is 0 Å². The van der Waals surface area contributed by atoms with Crippen molar-refractivity contribution in [3.8, 4) is 10.6 Å². The molecule has 0 bridgehead atoms. The molecule has 1 aliphatic rings. The molecule has 0 atom stereocenters. The number of fused-ring (bicyclic) bond motifs is 1. The molecule has 0 aliphatic heterocycles. The second-order valence-electron chi connectivity index (χ2n) is 5.68. The Hall–Kier alpha value is -1.82. The van der Waals surface area contributed by atoms with Crippen LogP contribution in [0.3, 0.4) is 0 Å². The van der Waals surface area contributed by atoms with Gasteiger partial charge in [0.1, 0.15) is 5.01 Å². The lowest BCUT2D eigenvalue weighted by molar-refractivity contribution is 0.423. The van der Waals surface area contributed by atoms with Gasteiger partial charge in [-0.1, -0.05) is 30.6 Å². The first-order chi connectivity index (χ1) is 10.3. The second kappa shape index (κ2) is 5.18. The first kappa shape index (κ1) is 12.9. The van der Waals surface area contributed by atoms with Crippen LogP contribution in [0.2, 0.25) is 0 Å². The Balaban J connectivity index is 1.73. The first-order valence-corrected chi connectivity index (χ1v) is 8.28. The van der Waals surface area contributed by atoms with E-state index in [1.807, 2.05) is 23.7 Å². The van der Waals surface area contributed by atoms with Crippen LogP contribution >= 0.6 is 11.3 Å². The molecule has 1 saturated carbocycles. The number of nitrogens with zero attached hydrogens (tertiary/aromatic N) is 5. The quantitative estimate of drug-likeness (QED) is 0.725. The molecule has 5 nitrogen and oxygen atoms in total. The SMILES string of the molecule is Cc1ccc(-c2nn3c(C4CCCCC4)nnc3s2)cn1. The monoisotopic (exact) mass is 299 g/mol. The van der Waals surface area contributed by atoms with E-state index in [1.165, 1.54) is 32.1 Å². The van der Waals surface area contributed by atoms with E-state index in [0.29, 0.717) is 5.92 Å². The van der Waals surface area contributed by atoms with Crippen molar-refractivity contribution in [2.24, 2.45) is 0 Å². The molecule has 0 radical (unpaired) electrons. The van der Waals surface area contributed by atoms with Crippen molar-refractivity contribution in [1.29, 1.82) is 0 Å². The number of hydrogen-bond acceptors (Lipinski definition) is 5. The lowest BCUT2D eigenvalue weighted by Crippen LogP contribution is -2.09. The van der Waals surface area contributed by atoms with Crippen molar-refractivity contribution >= 4 is 16.3 Å². The Labute approximate surface area is 127 Å². The molecule has 0 aromatic carbocycles. The number of aromatic nitrogens is 5. The van der Waals surface area contributed by atoms with Crippen LogP contribution in [0, 0.1) is 6.92 Å². The van der Waals surface area contributed by atoms with Gasteiger partial charge in [0.05, 0.1) is 0 Å². The molecular formula is C15H17N5S. The van der Waals surface area contributed by atoms with E-state index < -0.39 is 0 Å². The van der Waals surface area contributed by atoms with E-state index in [1.54, 1.807) is 11.3 Å². The summed E-state index contributed by atoms with van der Waals surface area (Å²) >= 11 is 1.58. The smallest absolute Gasteiger partial charge is 0.234 e. The van der Waals surface area contributed by atoms with E-state index in [-0.39, 0.29) is 0 Å². The summed E-state index contributed by atoms with van der Waals surface area (Å²) < 4.78 is 1.94. The zero-order valence-electron chi connectivity index (χ0n) is 12.0. The van der Waals surface area contributed by atoms with Crippen LogP contribution in [0.15, 0.2) is 18.3 Å². The lowest BCUT2D eigenvalue weighted by atomic mass is 9.89. The molecule has 1 aliphatic carbocycles. The highest BCUT2D eigenvalue weighted by molar-refractivity contribution is 7.19. The van der Waals surface area contributed by atoms with Gasteiger partial charge in [0, 0.05) is 23.4 Å². The van der Waals surface area contributed by atoms with E-state index in [2.05, 4.69) is 21.2 Å². The molecule has 0 amide bonds. The van der Waals surface area contributed by atoms with Gasteiger partial charge in [0.2, 0.25) is 4.96 Å². The van der Waals surface area contributed by atoms with Gasteiger partial charge in [-0.3, -0.25) is 4.98 Å². The molecule has 4 rings (SSSR count). The van der Waals surface area contributed by atoms with Crippen LogP contribution < -0.4 is 0 Å². The maximum atomic E-state index is 4.72. The van der Waals surface area contributed by atoms with Crippen molar-refractivity contribution in [1.82, 2.24) is 24.8 Å². The predicted molar refractivity (Wildman–Crippen MR) is 82.5 cm³/mol. The fraction of sp³-hybridized carbons (Fsp3) is 0.467. The zero-order chi connectivity index (χ0) is 14.2. The van der Waals surface area contributed by atoms with E-state index >= 15 is 0 Å². The Morgan fingerprint density at radius 3 is 2.76 bits per heavy atom. The van der Waals surface area contributed by atoms with Gasteiger partial charge in [-0.2, -0.15) is 9.61 Å². The Kier molecular flexibility index (Phi) is 3.18. The molecule has 3 aromatic rings. The number of hydrogen-bond donors (Lipinski definition) is 0. The summed E-state index contributed by atoms with van der Waals surface area (Å²) in [5.74, 6) is 1.55. The minimum Gasteiger partial charge on any atom is -0.261 e. The summed E-state index contributed by atoms with van der Waals surface area (Å²) in [5, 5.41) is 14.4. The van der Waals surface area contributed by atoms with Crippen molar-refractivity contribution in [2.75, 3.05) is 0 Å². The standard InChI is InChI=1S/C15H17N5S/c1-10-7-8-12(9-16-10)14-19-20-13(17-18-15(20)21-14)11-5-3-2-4-6-11/h7-9,11H,2-6H2,1H3. The van der Waals surface area contributed by atoms with Crippen molar-refractivity contribution in [3.63, 3.8) is 0 Å². The van der Waals surface area contributed by atoms with Gasteiger partial charge in [-0.25, -0.2) is 0 Å². The zero-order valence-corrected chi connectivity index (χ0v) is 12.8. The molecular weight excluding hydrogens is 282 g/mol. The third-order valence-electron chi connectivity index (χ3n) is 4.14. The maximum Gasteiger partial charge on any atom is 0.234 e. The van der Waals surface area contributed by atoms with Gasteiger partial charge in [-0.15, -0.1) is 10.2 Å². The van der Waals surface area contributed by atoms with Gasteiger partial charge in [-0.05, 0) is 31.9 Å². The van der Waals surface area contributed by atoms with Crippen LogP contribution in [0.5, 0.6) is 0 Å². The molecule has 3 aromatic heterocycles. The van der Waals surface area contributed by atoms with Gasteiger partial charge >= 0.3 is 0 Å². The third kappa shape index (κ3) is 2.33. The van der Waals surface area contributed by atoms with Gasteiger partial charge in [0.25, 0.3) is 0 Å². The predicted octanol–water partition coefficient (Wildman–Crippen LogP) is 3.60. The lowest BCUT2D eigenvalue weighted by Gasteiger charge is -2.18. The first-order valence-electron chi connectivity index (χ1n) is 7.46. The van der Waals surface area contributed by atoms with Gasteiger partial charge in [0.15, 0.2) is 5.82 Å². The summed E-state index contributed by atoms with van der Waals surface area (Å²) in [5.41, 5.74) is 2.07. The van der Waals surface area contributed by atoms with Crippen LogP contribution in [-0.2, 0) is 0 Å². The largest absolute Gasteiger partial charge is 0.261 e. The Morgan fingerprint density at radius 2 is 2.00 bits per heavy atom. The van der Waals surface area contributed by atoms with Crippen LogP contribution in [0.4, 0.5) is 0 Å². The summed E-state index contributed by atoms with van der Waals surface area (Å²) in [4.78, 5) is 5.22. The highest BCUT2D eigenvalue weighted by atomic mass is 32.1. The molecule has 6 heteroatoms. The topological polar surface area (TPSA) is 56.0 Å². The molecule has 0 spiro atoms.